The number of aromatic nitrogens is 2. The van der Waals surface area contributed by atoms with Gasteiger partial charge in [-0.2, -0.15) is 0 Å². The van der Waals surface area contributed by atoms with E-state index in [1.54, 1.807) is 6.08 Å². The van der Waals surface area contributed by atoms with Gasteiger partial charge in [-0.25, -0.2) is 0 Å². The van der Waals surface area contributed by atoms with Crippen molar-refractivity contribution in [3.05, 3.63) is 77.3 Å². The second-order valence-electron chi connectivity index (χ2n) is 5.73. The third-order valence-electron chi connectivity index (χ3n) is 4.40. The van der Waals surface area contributed by atoms with Crippen LogP contribution in [-0.4, -0.2) is 16.1 Å². The molecule has 0 spiro atoms. The van der Waals surface area contributed by atoms with E-state index in [9.17, 15) is 4.79 Å². The van der Waals surface area contributed by atoms with Gasteiger partial charge in [0.25, 0.3) is 0 Å². The molecule has 0 aliphatic rings. The van der Waals surface area contributed by atoms with Crippen LogP contribution < -0.4 is 5.73 Å². The summed E-state index contributed by atoms with van der Waals surface area (Å²) in [7, 11) is 0. The number of carbonyl (C=O) groups excluding carboxylic acids is 1. The maximum Gasteiger partial charge on any atom is 0.235 e. The number of carbonyl (C=O) groups is 1. The highest BCUT2D eigenvalue weighted by Gasteiger charge is 2.42. The Morgan fingerprint density at radius 2 is 1.84 bits per heavy atom. The fourth-order valence-corrected chi connectivity index (χ4v) is 4.03. The molecule has 0 fully saturated rings. The Morgan fingerprint density at radius 1 is 1.16 bits per heavy atom. The highest BCUT2D eigenvalue weighted by molar-refractivity contribution is 7.15. The Labute approximate surface area is 151 Å². The summed E-state index contributed by atoms with van der Waals surface area (Å²) in [5, 5.41) is 10.0. The largest absolute Gasteiger partial charge is 0.369 e. The number of amides is 1. The zero-order valence-electron chi connectivity index (χ0n) is 14.0. The first-order valence-corrected chi connectivity index (χ1v) is 8.85. The zero-order valence-corrected chi connectivity index (χ0v) is 14.8. The minimum atomic E-state index is -0.960. The molecule has 0 radical (unpaired) electrons. The molecule has 5 heteroatoms. The summed E-state index contributed by atoms with van der Waals surface area (Å²) in [6.07, 6.45) is 2.32. The summed E-state index contributed by atoms with van der Waals surface area (Å²) in [4.78, 5) is 12.4. The van der Waals surface area contributed by atoms with Crippen molar-refractivity contribution in [2.24, 2.45) is 5.73 Å². The number of benzene rings is 2. The van der Waals surface area contributed by atoms with Gasteiger partial charge in [-0.05, 0) is 17.5 Å². The Balaban J connectivity index is 2.08. The van der Waals surface area contributed by atoms with E-state index < -0.39 is 11.3 Å². The van der Waals surface area contributed by atoms with Gasteiger partial charge in [-0.3, -0.25) is 4.79 Å². The Hall–Kier alpha value is -2.79. The lowest BCUT2D eigenvalue weighted by Crippen LogP contribution is -2.41. The summed E-state index contributed by atoms with van der Waals surface area (Å²) in [5.41, 5.74) is 7.70. The average molecular weight is 349 g/mol. The maximum absolute atomic E-state index is 12.4. The lowest BCUT2D eigenvalue weighted by Gasteiger charge is -2.27. The Kier molecular flexibility index (Phi) is 4.76. The van der Waals surface area contributed by atoms with E-state index in [0.717, 1.165) is 21.7 Å². The van der Waals surface area contributed by atoms with E-state index in [4.69, 9.17) is 5.73 Å². The van der Waals surface area contributed by atoms with E-state index in [-0.39, 0.29) is 0 Å². The first kappa shape index (κ1) is 17.0. The maximum atomic E-state index is 12.4. The molecule has 2 aromatic carbocycles. The average Bonchev–Trinajstić information content (AvgIpc) is 3.14. The standard InChI is InChI=1S/C20H19N3OS/c1-3-14-10-12-15(13-11-14)17-22-23-19(25-17)20(4-2,18(21)24)16-8-6-5-7-9-16/h3,5-13H,1,4H2,2H3,(H2,21,24). The van der Waals surface area contributed by atoms with Gasteiger partial charge >= 0.3 is 0 Å². The van der Waals surface area contributed by atoms with Gasteiger partial charge in [0.2, 0.25) is 5.91 Å². The fraction of sp³-hybridized carbons (Fsp3) is 0.150. The van der Waals surface area contributed by atoms with E-state index in [2.05, 4.69) is 16.8 Å². The van der Waals surface area contributed by atoms with Crippen LogP contribution in [0.1, 0.15) is 29.5 Å². The molecule has 1 atom stereocenters. The molecule has 25 heavy (non-hydrogen) atoms. The summed E-state index contributed by atoms with van der Waals surface area (Å²) in [6, 6.07) is 17.4. The van der Waals surface area contributed by atoms with E-state index in [0.29, 0.717) is 11.4 Å². The predicted molar refractivity (Wildman–Crippen MR) is 102 cm³/mol. The van der Waals surface area contributed by atoms with Gasteiger partial charge in [0.1, 0.15) is 15.4 Å². The first-order valence-electron chi connectivity index (χ1n) is 8.04. The molecule has 1 unspecified atom stereocenters. The monoisotopic (exact) mass is 349 g/mol. The van der Waals surface area contributed by atoms with E-state index in [1.807, 2.05) is 61.5 Å². The number of primary amides is 1. The zero-order chi connectivity index (χ0) is 17.9. The smallest absolute Gasteiger partial charge is 0.235 e. The second-order valence-corrected chi connectivity index (χ2v) is 6.71. The van der Waals surface area contributed by atoms with Crippen LogP contribution in [0.4, 0.5) is 0 Å². The molecule has 0 bridgehead atoms. The minimum absolute atomic E-state index is 0.411. The van der Waals surface area contributed by atoms with Crippen molar-refractivity contribution >= 4 is 23.3 Å². The number of rotatable bonds is 6. The Bertz CT molecular complexity index is 887. The van der Waals surface area contributed by atoms with Crippen LogP contribution >= 0.6 is 11.3 Å². The lowest BCUT2D eigenvalue weighted by molar-refractivity contribution is -0.122. The SMILES string of the molecule is C=Cc1ccc(-c2nnc(C(CC)(C(N)=O)c3ccccc3)s2)cc1. The van der Waals surface area contributed by atoms with Crippen molar-refractivity contribution in [2.75, 3.05) is 0 Å². The van der Waals surface area contributed by atoms with Gasteiger partial charge < -0.3 is 5.73 Å². The molecule has 126 valence electrons. The number of nitrogens with two attached hydrogens (primary N) is 1. The summed E-state index contributed by atoms with van der Waals surface area (Å²) in [6.45, 7) is 5.70. The van der Waals surface area contributed by atoms with Crippen molar-refractivity contribution in [2.45, 2.75) is 18.8 Å². The molecule has 0 saturated heterocycles. The summed E-state index contributed by atoms with van der Waals surface area (Å²) < 4.78 is 0. The molecule has 3 aromatic rings. The van der Waals surface area contributed by atoms with Crippen LogP contribution in [-0.2, 0) is 10.2 Å². The van der Waals surface area contributed by atoms with Crippen molar-refractivity contribution in [3.63, 3.8) is 0 Å². The third kappa shape index (κ3) is 2.98. The molecular weight excluding hydrogens is 330 g/mol. The second kappa shape index (κ2) is 6.99. The van der Waals surface area contributed by atoms with Crippen molar-refractivity contribution in [1.29, 1.82) is 0 Å². The van der Waals surface area contributed by atoms with Crippen LogP contribution in [0.3, 0.4) is 0 Å². The third-order valence-corrected chi connectivity index (χ3v) is 5.54. The molecule has 0 aliphatic carbocycles. The summed E-state index contributed by atoms with van der Waals surface area (Å²) in [5.74, 6) is -0.411. The molecule has 1 heterocycles. The van der Waals surface area contributed by atoms with E-state index >= 15 is 0 Å². The van der Waals surface area contributed by atoms with Gasteiger partial charge in [0, 0.05) is 5.56 Å². The lowest BCUT2D eigenvalue weighted by atomic mass is 9.78. The van der Waals surface area contributed by atoms with Crippen molar-refractivity contribution in [3.8, 4) is 10.6 Å². The molecule has 1 aromatic heterocycles. The van der Waals surface area contributed by atoms with Gasteiger partial charge in [0.15, 0.2) is 0 Å². The Morgan fingerprint density at radius 3 is 2.40 bits per heavy atom. The topological polar surface area (TPSA) is 68.9 Å². The number of hydrogen-bond acceptors (Lipinski definition) is 4. The van der Waals surface area contributed by atoms with Crippen LogP contribution in [0.5, 0.6) is 0 Å². The molecule has 1 amide bonds. The van der Waals surface area contributed by atoms with Crippen LogP contribution in [0, 0.1) is 0 Å². The molecule has 2 N–H and O–H groups in total. The normalized spacial score (nSPS) is 13.2. The van der Waals surface area contributed by atoms with Crippen LogP contribution in [0.2, 0.25) is 0 Å². The molecule has 0 saturated carbocycles. The van der Waals surface area contributed by atoms with E-state index in [1.165, 1.54) is 11.3 Å². The first-order chi connectivity index (χ1) is 12.1. The quantitative estimate of drug-likeness (QED) is 0.730. The van der Waals surface area contributed by atoms with Crippen LogP contribution in [0.15, 0.2) is 61.2 Å². The molecule has 3 rings (SSSR count). The van der Waals surface area contributed by atoms with Gasteiger partial charge in [-0.15, -0.1) is 10.2 Å². The highest BCUT2D eigenvalue weighted by atomic mass is 32.1. The van der Waals surface area contributed by atoms with Gasteiger partial charge in [0.05, 0.1) is 0 Å². The fourth-order valence-electron chi connectivity index (χ4n) is 2.90. The number of hydrogen-bond donors (Lipinski definition) is 1. The van der Waals surface area contributed by atoms with Crippen LogP contribution in [0.25, 0.3) is 16.6 Å². The molecule has 0 aliphatic heterocycles. The molecular formula is C20H19N3OS. The van der Waals surface area contributed by atoms with Crippen molar-refractivity contribution < 1.29 is 4.79 Å². The highest BCUT2D eigenvalue weighted by Crippen LogP contribution is 2.39. The minimum Gasteiger partial charge on any atom is -0.369 e. The summed E-state index contributed by atoms with van der Waals surface area (Å²) >= 11 is 1.41. The molecule has 4 nitrogen and oxygen atoms in total. The predicted octanol–water partition coefficient (Wildman–Crippen LogP) is 4.03. The number of nitrogens with zero attached hydrogens (tertiary/aromatic N) is 2. The van der Waals surface area contributed by atoms with Crippen molar-refractivity contribution in [1.82, 2.24) is 10.2 Å². The van der Waals surface area contributed by atoms with Gasteiger partial charge in [-0.1, -0.05) is 85.5 Å².